The second-order valence-corrected chi connectivity index (χ2v) is 6.44. The number of nitrogens with one attached hydrogen (secondary N) is 1. The van der Waals surface area contributed by atoms with Crippen LogP contribution in [0.1, 0.15) is 33.1 Å². The number of ether oxygens (including phenoxy) is 1. The van der Waals surface area contributed by atoms with E-state index in [1.54, 1.807) is 13.8 Å². The number of nitrogens with zero attached hydrogens (tertiary/aromatic N) is 1. The number of hydrogen-bond acceptors (Lipinski definition) is 6. The summed E-state index contributed by atoms with van der Waals surface area (Å²) in [4.78, 5) is 23.1. The first kappa shape index (κ1) is 17.8. The molecule has 118 valence electrons. The standard InChI is InChI=1S/C14H23N3O3S/c1-3-20-13(19)11(16)6-7-21-8-12(18)17-14(2,9-15)10-4-5-10/h10-11H,3-8,16H2,1-2H3,(H,17,18). The molecule has 0 radical (unpaired) electrons. The molecule has 0 spiro atoms. The largest absolute Gasteiger partial charge is 0.465 e. The first-order valence-electron chi connectivity index (χ1n) is 7.15. The predicted octanol–water partition coefficient (Wildman–Crippen LogP) is 0.809. The van der Waals surface area contributed by atoms with Crippen LogP contribution in [0.15, 0.2) is 0 Å². The van der Waals surface area contributed by atoms with Crippen molar-refractivity contribution in [3.8, 4) is 6.07 Å². The molecule has 1 saturated carbocycles. The van der Waals surface area contributed by atoms with Crippen molar-refractivity contribution in [3.05, 3.63) is 0 Å². The van der Waals surface area contributed by atoms with Gasteiger partial charge in [-0.05, 0) is 44.8 Å². The quantitative estimate of drug-likeness (QED) is 0.482. The normalized spacial score (nSPS) is 18.2. The molecule has 1 aliphatic carbocycles. The fraction of sp³-hybridized carbons (Fsp3) is 0.786. The van der Waals surface area contributed by atoms with Crippen LogP contribution in [0.3, 0.4) is 0 Å². The molecule has 0 heterocycles. The summed E-state index contributed by atoms with van der Waals surface area (Å²) in [6.07, 6.45) is 2.45. The molecule has 1 aliphatic rings. The summed E-state index contributed by atoms with van der Waals surface area (Å²) >= 11 is 1.40. The highest BCUT2D eigenvalue weighted by Crippen LogP contribution is 2.39. The Balaban J connectivity index is 2.19. The molecule has 0 aromatic rings. The highest BCUT2D eigenvalue weighted by molar-refractivity contribution is 7.99. The van der Waals surface area contributed by atoms with Crippen LogP contribution in [0.4, 0.5) is 0 Å². The first-order valence-corrected chi connectivity index (χ1v) is 8.30. The van der Waals surface area contributed by atoms with Gasteiger partial charge in [0.15, 0.2) is 0 Å². The molecule has 0 aromatic heterocycles. The van der Waals surface area contributed by atoms with Crippen LogP contribution < -0.4 is 11.1 Å². The van der Waals surface area contributed by atoms with Crippen LogP contribution in [0.2, 0.25) is 0 Å². The number of nitriles is 1. The molecule has 0 aromatic carbocycles. The lowest BCUT2D eigenvalue weighted by Gasteiger charge is -2.22. The van der Waals surface area contributed by atoms with Gasteiger partial charge >= 0.3 is 5.97 Å². The van der Waals surface area contributed by atoms with E-state index in [0.29, 0.717) is 18.8 Å². The Kier molecular flexibility index (Phi) is 6.99. The maximum atomic E-state index is 11.8. The first-order chi connectivity index (χ1) is 9.92. The minimum Gasteiger partial charge on any atom is -0.465 e. The maximum Gasteiger partial charge on any atom is 0.322 e. The zero-order valence-electron chi connectivity index (χ0n) is 12.6. The number of nitrogens with two attached hydrogens (primary N) is 1. The summed E-state index contributed by atoms with van der Waals surface area (Å²) in [5.41, 5.74) is 4.91. The van der Waals surface area contributed by atoms with Gasteiger partial charge in [0.25, 0.3) is 0 Å². The average molecular weight is 313 g/mol. The Bertz CT molecular complexity index is 420. The molecule has 0 aliphatic heterocycles. The van der Waals surface area contributed by atoms with Gasteiger partial charge in [-0.15, -0.1) is 0 Å². The Morgan fingerprint density at radius 1 is 1.57 bits per heavy atom. The third-order valence-corrected chi connectivity index (χ3v) is 4.41. The summed E-state index contributed by atoms with van der Waals surface area (Å²) in [7, 11) is 0. The van der Waals surface area contributed by atoms with Gasteiger partial charge in [-0.1, -0.05) is 0 Å². The van der Waals surface area contributed by atoms with Gasteiger partial charge in [0.05, 0.1) is 18.4 Å². The molecule has 1 fully saturated rings. The van der Waals surface area contributed by atoms with Gasteiger partial charge in [-0.2, -0.15) is 17.0 Å². The van der Waals surface area contributed by atoms with E-state index in [4.69, 9.17) is 15.7 Å². The summed E-state index contributed by atoms with van der Waals surface area (Å²) in [6.45, 7) is 3.82. The molecule has 21 heavy (non-hydrogen) atoms. The van der Waals surface area contributed by atoms with Crippen molar-refractivity contribution in [2.75, 3.05) is 18.1 Å². The molecule has 1 amide bonds. The predicted molar refractivity (Wildman–Crippen MR) is 81.4 cm³/mol. The van der Waals surface area contributed by atoms with Gasteiger partial charge in [-0.3, -0.25) is 9.59 Å². The van der Waals surface area contributed by atoms with Crippen molar-refractivity contribution in [1.82, 2.24) is 5.32 Å². The topological polar surface area (TPSA) is 105 Å². The zero-order valence-corrected chi connectivity index (χ0v) is 13.4. The molecule has 0 saturated heterocycles. The number of thioether (sulfide) groups is 1. The molecule has 0 bridgehead atoms. The Labute approximate surface area is 129 Å². The van der Waals surface area contributed by atoms with E-state index < -0.39 is 17.6 Å². The van der Waals surface area contributed by atoms with Crippen molar-refractivity contribution < 1.29 is 14.3 Å². The van der Waals surface area contributed by atoms with Crippen LogP contribution >= 0.6 is 11.8 Å². The molecular weight excluding hydrogens is 290 g/mol. The Morgan fingerprint density at radius 2 is 2.24 bits per heavy atom. The van der Waals surface area contributed by atoms with Crippen molar-refractivity contribution in [2.24, 2.45) is 11.7 Å². The zero-order chi connectivity index (χ0) is 15.9. The van der Waals surface area contributed by atoms with E-state index in [-0.39, 0.29) is 17.6 Å². The second-order valence-electron chi connectivity index (χ2n) is 5.34. The van der Waals surface area contributed by atoms with E-state index in [9.17, 15) is 9.59 Å². The number of carbonyl (C=O) groups excluding carboxylic acids is 2. The molecule has 1 rings (SSSR count). The van der Waals surface area contributed by atoms with Crippen LogP contribution in [-0.4, -0.2) is 41.6 Å². The van der Waals surface area contributed by atoms with Crippen molar-refractivity contribution in [3.63, 3.8) is 0 Å². The lowest BCUT2D eigenvalue weighted by atomic mass is 9.98. The molecule has 2 atom stereocenters. The van der Waals surface area contributed by atoms with Gasteiger partial charge in [-0.25, -0.2) is 0 Å². The lowest BCUT2D eigenvalue weighted by Crippen LogP contribution is -2.47. The number of rotatable bonds is 9. The van der Waals surface area contributed by atoms with Crippen LogP contribution in [0, 0.1) is 17.2 Å². The summed E-state index contributed by atoms with van der Waals surface area (Å²) in [6, 6.07) is 1.54. The molecule has 6 nitrogen and oxygen atoms in total. The number of esters is 1. The molecular formula is C14H23N3O3S. The second kappa shape index (κ2) is 8.25. The monoisotopic (exact) mass is 313 g/mol. The highest BCUT2D eigenvalue weighted by atomic mass is 32.2. The fourth-order valence-corrected chi connectivity index (χ4v) is 2.77. The minimum atomic E-state index is -0.751. The van der Waals surface area contributed by atoms with Gasteiger partial charge in [0.1, 0.15) is 11.6 Å². The van der Waals surface area contributed by atoms with Gasteiger partial charge < -0.3 is 15.8 Å². The van der Waals surface area contributed by atoms with E-state index in [2.05, 4.69) is 11.4 Å². The van der Waals surface area contributed by atoms with Crippen molar-refractivity contribution in [1.29, 1.82) is 5.26 Å². The lowest BCUT2D eigenvalue weighted by molar-refractivity contribution is -0.144. The van der Waals surface area contributed by atoms with Gasteiger partial charge in [0, 0.05) is 0 Å². The molecule has 2 unspecified atom stereocenters. The summed E-state index contributed by atoms with van der Waals surface area (Å²) < 4.78 is 4.81. The third kappa shape index (κ3) is 5.94. The fourth-order valence-electron chi connectivity index (χ4n) is 1.95. The summed E-state index contributed by atoms with van der Waals surface area (Å²) in [5, 5.41) is 12.0. The van der Waals surface area contributed by atoms with E-state index in [0.717, 1.165) is 12.8 Å². The van der Waals surface area contributed by atoms with Crippen molar-refractivity contribution in [2.45, 2.75) is 44.7 Å². The maximum absolute atomic E-state index is 11.8. The average Bonchev–Trinajstić information content (AvgIpc) is 3.28. The van der Waals surface area contributed by atoms with Gasteiger partial charge in [0.2, 0.25) is 5.91 Å². The molecule has 3 N–H and O–H groups in total. The Hall–Kier alpha value is -1.26. The van der Waals surface area contributed by atoms with E-state index >= 15 is 0 Å². The minimum absolute atomic E-state index is 0.152. The third-order valence-electron chi connectivity index (χ3n) is 3.42. The number of carbonyl (C=O) groups is 2. The Morgan fingerprint density at radius 3 is 2.76 bits per heavy atom. The highest BCUT2D eigenvalue weighted by Gasteiger charge is 2.42. The number of hydrogen-bond donors (Lipinski definition) is 2. The summed E-state index contributed by atoms with van der Waals surface area (Å²) in [5.74, 6) is 0.572. The van der Waals surface area contributed by atoms with Crippen LogP contribution in [0.5, 0.6) is 0 Å². The van der Waals surface area contributed by atoms with E-state index in [1.165, 1.54) is 11.8 Å². The SMILES string of the molecule is CCOC(=O)C(N)CCSCC(=O)NC(C)(C#N)C1CC1. The van der Waals surface area contributed by atoms with Crippen molar-refractivity contribution >= 4 is 23.6 Å². The van der Waals surface area contributed by atoms with E-state index in [1.807, 2.05) is 0 Å². The smallest absolute Gasteiger partial charge is 0.322 e. The molecule has 7 heteroatoms. The van der Waals surface area contributed by atoms with Crippen LogP contribution in [-0.2, 0) is 14.3 Å². The number of amides is 1. The van der Waals surface area contributed by atoms with Crippen LogP contribution in [0.25, 0.3) is 0 Å².